The Morgan fingerprint density at radius 3 is 2.36 bits per heavy atom. The van der Waals surface area contributed by atoms with Crippen molar-refractivity contribution in [3.8, 4) is 11.4 Å². The third-order valence-electron chi connectivity index (χ3n) is 2.05. The highest BCUT2D eigenvalue weighted by molar-refractivity contribution is 5.53. The summed E-state index contributed by atoms with van der Waals surface area (Å²) in [6, 6.07) is 2.00. The first-order valence-corrected chi connectivity index (χ1v) is 4.46. The second kappa shape index (κ2) is 3.21. The van der Waals surface area contributed by atoms with Crippen LogP contribution in [0.15, 0.2) is 18.5 Å². The van der Waals surface area contributed by atoms with Gasteiger partial charge in [0.2, 0.25) is 0 Å². The number of nitrogens with zero attached hydrogens (tertiary/aromatic N) is 4. The molecule has 0 aromatic carbocycles. The standard InChI is InChI=1S/C10H12N4/c1-7-4-10(14(3)13-7)9-6-11-8(2)5-12-9/h4-6H,1-3H3. The van der Waals surface area contributed by atoms with E-state index in [4.69, 9.17) is 0 Å². The molecule has 0 saturated carbocycles. The molecular formula is C10H12N4. The van der Waals surface area contributed by atoms with Crippen molar-refractivity contribution in [2.45, 2.75) is 13.8 Å². The molecule has 2 rings (SSSR count). The first-order chi connectivity index (χ1) is 6.66. The number of aromatic nitrogens is 4. The van der Waals surface area contributed by atoms with Crippen molar-refractivity contribution < 1.29 is 0 Å². The van der Waals surface area contributed by atoms with Gasteiger partial charge in [-0.3, -0.25) is 14.6 Å². The van der Waals surface area contributed by atoms with Crippen LogP contribution < -0.4 is 0 Å². The molecule has 0 saturated heterocycles. The molecule has 0 atom stereocenters. The molecule has 0 fully saturated rings. The minimum Gasteiger partial charge on any atom is -0.266 e. The summed E-state index contributed by atoms with van der Waals surface area (Å²) < 4.78 is 1.81. The molecule has 0 radical (unpaired) electrons. The van der Waals surface area contributed by atoms with Gasteiger partial charge in [0.05, 0.1) is 23.3 Å². The van der Waals surface area contributed by atoms with Crippen molar-refractivity contribution >= 4 is 0 Å². The summed E-state index contributed by atoms with van der Waals surface area (Å²) in [6.45, 7) is 3.89. The largest absolute Gasteiger partial charge is 0.266 e. The molecule has 0 unspecified atom stereocenters. The van der Waals surface area contributed by atoms with E-state index in [0.717, 1.165) is 22.8 Å². The second-order valence-corrected chi connectivity index (χ2v) is 3.34. The third kappa shape index (κ3) is 1.51. The van der Waals surface area contributed by atoms with Crippen LogP contribution in [0.5, 0.6) is 0 Å². The van der Waals surface area contributed by atoms with Crippen LogP contribution in [0.3, 0.4) is 0 Å². The molecule has 14 heavy (non-hydrogen) atoms. The van der Waals surface area contributed by atoms with E-state index in [0.29, 0.717) is 0 Å². The fraction of sp³-hybridized carbons (Fsp3) is 0.300. The maximum atomic E-state index is 4.30. The Hall–Kier alpha value is -1.71. The molecule has 72 valence electrons. The second-order valence-electron chi connectivity index (χ2n) is 3.34. The molecule has 4 heteroatoms. The van der Waals surface area contributed by atoms with E-state index in [2.05, 4.69) is 15.1 Å². The number of hydrogen-bond acceptors (Lipinski definition) is 3. The number of rotatable bonds is 1. The Labute approximate surface area is 82.6 Å². The first kappa shape index (κ1) is 8.87. The van der Waals surface area contributed by atoms with Gasteiger partial charge in [-0.25, -0.2) is 0 Å². The Kier molecular flexibility index (Phi) is 2.04. The van der Waals surface area contributed by atoms with E-state index in [9.17, 15) is 0 Å². The molecule has 0 spiro atoms. The van der Waals surface area contributed by atoms with Gasteiger partial charge in [-0.2, -0.15) is 5.10 Å². The monoisotopic (exact) mass is 188 g/mol. The summed E-state index contributed by atoms with van der Waals surface area (Å²) in [5.74, 6) is 0. The molecule has 0 aliphatic carbocycles. The SMILES string of the molecule is Cc1cnc(-c2cc(C)nn2C)cn1. The van der Waals surface area contributed by atoms with Crippen molar-refractivity contribution in [1.29, 1.82) is 0 Å². The smallest absolute Gasteiger partial charge is 0.107 e. The Morgan fingerprint density at radius 2 is 1.86 bits per heavy atom. The maximum absolute atomic E-state index is 4.30. The highest BCUT2D eigenvalue weighted by atomic mass is 15.3. The van der Waals surface area contributed by atoms with Gasteiger partial charge in [-0.05, 0) is 19.9 Å². The van der Waals surface area contributed by atoms with Crippen molar-refractivity contribution in [3.63, 3.8) is 0 Å². The molecule has 0 bridgehead atoms. The van der Waals surface area contributed by atoms with Crippen LogP contribution in [-0.4, -0.2) is 19.7 Å². The molecule has 2 aromatic rings. The van der Waals surface area contributed by atoms with E-state index >= 15 is 0 Å². The summed E-state index contributed by atoms with van der Waals surface area (Å²) >= 11 is 0. The summed E-state index contributed by atoms with van der Waals surface area (Å²) in [5, 5.41) is 4.26. The van der Waals surface area contributed by atoms with Gasteiger partial charge in [0, 0.05) is 13.2 Å². The predicted molar refractivity (Wildman–Crippen MR) is 53.7 cm³/mol. The summed E-state index contributed by atoms with van der Waals surface area (Å²) in [4.78, 5) is 8.50. The van der Waals surface area contributed by atoms with Gasteiger partial charge < -0.3 is 0 Å². The summed E-state index contributed by atoms with van der Waals surface area (Å²) in [7, 11) is 1.91. The van der Waals surface area contributed by atoms with Gasteiger partial charge in [-0.1, -0.05) is 0 Å². The van der Waals surface area contributed by atoms with E-state index in [1.807, 2.05) is 31.6 Å². The van der Waals surface area contributed by atoms with Crippen LogP contribution in [0.1, 0.15) is 11.4 Å². The predicted octanol–water partition coefficient (Wildman–Crippen LogP) is 1.49. The van der Waals surface area contributed by atoms with Gasteiger partial charge in [0.1, 0.15) is 5.69 Å². The minimum atomic E-state index is 0.860. The maximum Gasteiger partial charge on any atom is 0.107 e. The van der Waals surface area contributed by atoms with Gasteiger partial charge in [-0.15, -0.1) is 0 Å². The average Bonchev–Trinajstić information content (AvgIpc) is 2.47. The number of aryl methyl sites for hydroxylation is 3. The average molecular weight is 188 g/mol. The van der Waals surface area contributed by atoms with Gasteiger partial charge >= 0.3 is 0 Å². The molecule has 0 N–H and O–H groups in total. The van der Waals surface area contributed by atoms with Crippen molar-refractivity contribution in [2.24, 2.45) is 7.05 Å². The topological polar surface area (TPSA) is 43.6 Å². The molecule has 4 nitrogen and oxygen atoms in total. The molecular weight excluding hydrogens is 176 g/mol. The molecule has 0 aliphatic rings. The van der Waals surface area contributed by atoms with Crippen molar-refractivity contribution in [1.82, 2.24) is 19.7 Å². The Morgan fingerprint density at radius 1 is 1.07 bits per heavy atom. The normalized spacial score (nSPS) is 10.5. The zero-order valence-corrected chi connectivity index (χ0v) is 8.52. The van der Waals surface area contributed by atoms with E-state index in [1.54, 1.807) is 12.4 Å². The van der Waals surface area contributed by atoms with Crippen LogP contribution in [0.25, 0.3) is 11.4 Å². The lowest BCUT2D eigenvalue weighted by atomic mass is 10.3. The zero-order chi connectivity index (χ0) is 10.1. The van der Waals surface area contributed by atoms with Crippen molar-refractivity contribution in [3.05, 3.63) is 29.8 Å². The lowest BCUT2D eigenvalue weighted by Crippen LogP contribution is -1.96. The lowest BCUT2D eigenvalue weighted by Gasteiger charge is -1.99. The first-order valence-electron chi connectivity index (χ1n) is 4.46. The van der Waals surface area contributed by atoms with Crippen LogP contribution in [0, 0.1) is 13.8 Å². The van der Waals surface area contributed by atoms with Gasteiger partial charge in [0.25, 0.3) is 0 Å². The zero-order valence-electron chi connectivity index (χ0n) is 8.52. The minimum absolute atomic E-state index is 0.860. The number of hydrogen-bond donors (Lipinski definition) is 0. The fourth-order valence-electron chi connectivity index (χ4n) is 1.38. The van der Waals surface area contributed by atoms with E-state index in [-0.39, 0.29) is 0 Å². The highest BCUT2D eigenvalue weighted by Crippen LogP contribution is 2.15. The van der Waals surface area contributed by atoms with Crippen LogP contribution in [0.2, 0.25) is 0 Å². The van der Waals surface area contributed by atoms with Crippen LogP contribution in [-0.2, 0) is 7.05 Å². The molecule has 0 aliphatic heterocycles. The van der Waals surface area contributed by atoms with E-state index < -0.39 is 0 Å². The van der Waals surface area contributed by atoms with Crippen molar-refractivity contribution in [2.75, 3.05) is 0 Å². The summed E-state index contributed by atoms with van der Waals surface area (Å²) in [6.07, 6.45) is 3.53. The van der Waals surface area contributed by atoms with Gasteiger partial charge in [0.15, 0.2) is 0 Å². The van der Waals surface area contributed by atoms with E-state index in [1.165, 1.54) is 0 Å². The molecule has 2 heterocycles. The highest BCUT2D eigenvalue weighted by Gasteiger charge is 2.05. The Balaban J connectivity index is 2.49. The fourth-order valence-corrected chi connectivity index (χ4v) is 1.38. The molecule has 0 amide bonds. The quantitative estimate of drug-likeness (QED) is 0.681. The van der Waals surface area contributed by atoms with Crippen LogP contribution >= 0.6 is 0 Å². The third-order valence-corrected chi connectivity index (χ3v) is 2.05. The lowest BCUT2D eigenvalue weighted by molar-refractivity contribution is 0.761. The van der Waals surface area contributed by atoms with Crippen LogP contribution in [0.4, 0.5) is 0 Å². The molecule has 2 aromatic heterocycles. The summed E-state index contributed by atoms with van der Waals surface area (Å²) in [5.41, 5.74) is 3.77. The Bertz CT molecular complexity index is 442.